The van der Waals surface area contributed by atoms with Gasteiger partial charge in [-0.15, -0.1) is 0 Å². The van der Waals surface area contributed by atoms with Crippen LogP contribution in [0.5, 0.6) is 5.75 Å². The van der Waals surface area contributed by atoms with Crippen molar-refractivity contribution in [2.75, 3.05) is 33.9 Å². The molecule has 0 heterocycles. The number of hydrogen-bond acceptors (Lipinski definition) is 3. The Balaban J connectivity index is 2.38. The Morgan fingerprint density at radius 2 is 1.84 bits per heavy atom. The van der Waals surface area contributed by atoms with Crippen LogP contribution in [-0.4, -0.2) is 43.9 Å². The van der Waals surface area contributed by atoms with E-state index in [2.05, 4.69) is 37.9 Å². The number of ether oxygens (including phenoxy) is 1. The predicted molar refractivity (Wildman–Crippen MR) is 79.6 cm³/mol. The Kier molecular flexibility index (Phi) is 6.89. The Morgan fingerprint density at radius 1 is 1.21 bits per heavy atom. The van der Waals surface area contributed by atoms with Gasteiger partial charge >= 0.3 is 0 Å². The summed E-state index contributed by atoms with van der Waals surface area (Å²) in [5.74, 6) is 1.78. The van der Waals surface area contributed by atoms with E-state index in [1.165, 1.54) is 5.56 Å². The van der Waals surface area contributed by atoms with Crippen LogP contribution < -0.4 is 4.74 Å². The molecule has 108 valence electrons. The number of aliphatic hydroxyl groups excluding tert-OH is 1. The molecule has 0 saturated heterocycles. The first-order valence-electron chi connectivity index (χ1n) is 6.99. The second kappa shape index (κ2) is 8.18. The molecule has 1 unspecified atom stereocenters. The van der Waals surface area contributed by atoms with E-state index >= 15 is 0 Å². The van der Waals surface area contributed by atoms with Gasteiger partial charge in [-0.3, -0.25) is 0 Å². The number of methoxy groups -OCH3 is 1. The standard InChI is InChI=1S/C16H27NO2/c1-13(2)15(12-18)11-17(3)10-9-14-5-7-16(19-4)8-6-14/h5-8,13,15,18H,9-12H2,1-4H3. The van der Waals surface area contributed by atoms with E-state index < -0.39 is 0 Å². The first-order chi connectivity index (χ1) is 9.06. The van der Waals surface area contributed by atoms with E-state index in [1.807, 2.05) is 12.1 Å². The minimum Gasteiger partial charge on any atom is -0.497 e. The number of hydrogen-bond donors (Lipinski definition) is 1. The quantitative estimate of drug-likeness (QED) is 0.783. The van der Waals surface area contributed by atoms with Gasteiger partial charge in [0.15, 0.2) is 0 Å². The van der Waals surface area contributed by atoms with Crippen LogP contribution in [0.15, 0.2) is 24.3 Å². The predicted octanol–water partition coefficient (Wildman–Crippen LogP) is 2.43. The Labute approximate surface area is 117 Å². The molecule has 0 fully saturated rings. The molecule has 0 spiro atoms. The normalized spacial score (nSPS) is 13.0. The number of nitrogens with zero attached hydrogens (tertiary/aromatic N) is 1. The van der Waals surface area contributed by atoms with Crippen molar-refractivity contribution in [3.8, 4) is 5.75 Å². The molecule has 0 saturated carbocycles. The molecule has 1 N–H and O–H groups in total. The van der Waals surface area contributed by atoms with Crippen LogP contribution in [0.25, 0.3) is 0 Å². The third-order valence-electron chi connectivity index (χ3n) is 3.66. The van der Waals surface area contributed by atoms with Crippen molar-refractivity contribution in [2.45, 2.75) is 20.3 Å². The molecular weight excluding hydrogens is 238 g/mol. The maximum atomic E-state index is 9.35. The number of benzene rings is 1. The number of likely N-dealkylation sites (N-methyl/N-ethyl adjacent to an activating group) is 1. The van der Waals surface area contributed by atoms with E-state index in [4.69, 9.17) is 4.74 Å². The van der Waals surface area contributed by atoms with Crippen molar-refractivity contribution in [1.82, 2.24) is 4.90 Å². The average Bonchev–Trinajstić information content (AvgIpc) is 2.42. The molecule has 1 rings (SSSR count). The molecule has 0 bridgehead atoms. The zero-order chi connectivity index (χ0) is 14.3. The summed E-state index contributed by atoms with van der Waals surface area (Å²) in [5.41, 5.74) is 1.32. The second-order valence-electron chi connectivity index (χ2n) is 5.55. The number of aliphatic hydroxyl groups is 1. The maximum Gasteiger partial charge on any atom is 0.118 e. The molecular formula is C16H27NO2. The average molecular weight is 265 g/mol. The van der Waals surface area contributed by atoms with Gasteiger partial charge in [-0.1, -0.05) is 26.0 Å². The summed E-state index contributed by atoms with van der Waals surface area (Å²) in [4.78, 5) is 2.30. The lowest BCUT2D eigenvalue weighted by molar-refractivity contribution is 0.147. The van der Waals surface area contributed by atoms with Crippen LogP contribution in [0.4, 0.5) is 0 Å². The van der Waals surface area contributed by atoms with Crippen LogP contribution in [-0.2, 0) is 6.42 Å². The van der Waals surface area contributed by atoms with Gasteiger partial charge in [0.1, 0.15) is 5.75 Å². The van der Waals surface area contributed by atoms with Crippen molar-refractivity contribution in [3.05, 3.63) is 29.8 Å². The molecule has 0 amide bonds. The molecule has 19 heavy (non-hydrogen) atoms. The van der Waals surface area contributed by atoms with Crippen LogP contribution in [0.2, 0.25) is 0 Å². The Bertz CT molecular complexity index is 348. The molecule has 0 aliphatic rings. The summed E-state index contributed by atoms with van der Waals surface area (Å²) in [6.07, 6.45) is 1.02. The lowest BCUT2D eigenvalue weighted by Gasteiger charge is -2.25. The first-order valence-corrected chi connectivity index (χ1v) is 6.99. The highest BCUT2D eigenvalue weighted by Gasteiger charge is 2.14. The van der Waals surface area contributed by atoms with Crippen LogP contribution in [0.1, 0.15) is 19.4 Å². The highest BCUT2D eigenvalue weighted by molar-refractivity contribution is 5.27. The Hall–Kier alpha value is -1.06. The highest BCUT2D eigenvalue weighted by Crippen LogP contribution is 2.13. The summed E-state index contributed by atoms with van der Waals surface area (Å²) in [5, 5.41) is 9.35. The van der Waals surface area contributed by atoms with E-state index in [9.17, 15) is 5.11 Å². The Morgan fingerprint density at radius 3 is 2.32 bits per heavy atom. The van der Waals surface area contributed by atoms with Gasteiger partial charge in [0, 0.05) is 19.7 Å². The van der Waals surface area contributed by atoms with Crippen molar-refractivity contribution >= 4 is 0 Å². The fraction of sp³-hybridized carbons (Fsp3) is 0.625. The van der Waals surface area contributed by atoms with Gasteiger partial charge in [-0.2, -0.15) is 0 Å². The van der Waals surface area contributed by atoms with Gasteiger partial charge < -0.3 is 14.7 Å². The zero-order valence-corrected chi connectivity index (χ0v) is 12.6. The number of rotatable bonds is 8. The second-order valence-corrected chi connectivity index (χ2v) is 5.55. The van der Waals surface area contributed by atoms with Gasteiger partial charge in [-0.25, -0.2) is 0 Å². The van der Waals surface area contributed by atoms with Crippen molar-refractivity contribution in [3.63, 3.8) is 0 Å². The minimum absolute atomic E-state index is 0.268. The topological polar surface area (TPSA) is 32.7 Å². The van der Waals surface area contributed by atoms with Gasteiger partial charge in [0.25, 0.3) is 0 Å². The molecule has 0 aliphatic carbocycles. The summed E-state index contributed by atoms with van der Waals surface area (Å²) in [6.45, 7) is 6.56. The molecule has 3 nitrogen and oxygen atoms in total. The van der Waals surface area contributed by atoms with Crippen LogP contribution >= 0.6 is 0 Å². The molecule has 0 aromatic heterocycles. The van der Waals surface area contributed by atoms with Gasteiger partial charge in [0.05, 0.1) is 7.11 Å². The first kappa shape index (κ1) is 16.0. The third-order valence-corrected chi connectivity index (χ3v) is 3.66. The van der Waals surface area contributed by atoms with Crippen LogP contribution in [0.3, 0.4) is 0 Å². The van der Waals surface area contributed by atoms with E-state index in [0.717, 1.165) is 25.3 Å². The van der Waals surface area contributed by atoms with E-state index in [-0.39, 0.29) is 6.61 Å². The van der Waals surface area contributed by atoms with Crippen molar-refractivity contribution in [2.24, 2.45) is 11.8 Å². The minimum atomic E-state index is 0.268. The fourth-order valence-corrected chi connectivity index (χ4v) is 2.08. The molecule has 3 heteroatoms. The molecule has 1 aromatic carbocycles. The molecule has 1 atom stereocenters. The largest absolute Gasteiger partial charge is 0.497 e. The van der Waals surface area contributed by atoms with Crippen molar-refractivity contribution < 1.29 is 9.84 Å². The fourth-order valence-electron chi connectivity index (χ4n) is 2.08. The summed E-state index contributed by atoms with van der Waals surface area (Å²) >= 11 is 0. The van der Waals surface area contributed by atoms with E-state index in [0.29, 0.717) is 11.8 Å². The SMILES string of the molecule is COc1ccc(CCN(C)CC(CO)C(C)C)cc1. The highest BCUT2D eigenvalue weighted by atomic mass is 16.5. The molecule has 1 aromatic rings. The monoisotopic (exact) mass is 265 g/mol. The van der Waals surface area contributed by atoms with E-state index in [1.54, 1.807) is 7.11 Å². The maximum absolute atomic E-state index is 9.35. The third kappa shape index (κ3) is 5.62. The lowest BCUT2D eigenvalue weighted by Crippen LogP contribution is -2.32. The van der Waals surface area contributed by atoms with Crippen molar-refractivity contribution in [1.29, 1.82) is 0 Å². The summed E-state index contributed by atoms with van der Waals surface area (Å²) in [7, 11) is 3.80. The summed E-state index contributed by atoms with van der Waals surface area (Å²) < 4.78 is 5.15. The molecule has 0 radical (unpaired) electrons. The smallest absolute Gasteiger partial charge is 0.118 e. The van der Waals surface area contributed by atoms with Gasteiger partial charge in [0.2, 0.25) is 0 Å². The van der Waals surface area contributed by atoms with Gasteiger partial charge in [-0.05, 0) is 43.0 Å². The van der Waals surface area contributed by atoms with Crippen LogP contribution in [0, 0.1) is 11.8 Å². The molecule has 0 aliphatic heterocycles. The lowest BCUT2D eigenvalue weighted by atomic mass is 9.96. The summed E-state index contributed by atoms with van der Waals surface area (Å²) in [6, 6.07) is 8.22. The zero-order valence-electron chi connectivity index (χ0n) is 12.6.